The molecular weight excluding hydrogens is 428 g/mol. The van der Waals surface area contributed by atoms with Crippen LogP contribution in [0, 0.1) is 5.41 Å². The van der Waals surface area contributed by atoms with Crippen LogP contribution in [-0.2, 0) is 28.6 Å². The zero-order valence-corrected chi connectivity index (χ0v) is 19.0. The van der Waals surface area contributed by atoms with Gasteiger partial charge in [0.2, 0.25) is 11.8 Å². The third-order valence-electron chi connectivity index (χ3n) is 4.74. The fraction of sp³-hybridized carbons (Fsp3) is 0.550. The number of rotatable bonds is 7. The quantitative estimate of drug-likeness (QED) is 0.529. The van der Waals surface area contributed by atoms with Crippen LogP contribution in [0.5, 0.6) is 0 Å². The Hall–Kier alpha value is -2.50. The van der Waals surface area contributed by atoms with Crippen molar-refractivity contribution in [2.75, 3.05) is 30.1 Å². The Morgan fingerprint density at radius 3 is 2.39 bits per heavy atom. The van der Waals surface area contributed by atoms with E-state index in [-0.39, 0.29) is 29.5 Å². The highest BCUT2D eigenvalue weighted by molar-refractivity contribution is 7.85. The summed E-state index contributed by atoms with van der Waals surface area (Å²) in [6.07, 6.45) is 0.741. The lowest BCUT2D eigenvalue weighted by Crippen LogP contribution is -2.29. The number of anilines is 2. The summed E-state index contributed by atoms with van der Waals surface area (Å²) in [5.41, 5.74) is -0.494. The van der Waals surface area contributed by atoms with Gasteiger partial charge in [-0.25, -0.2) is 4.79 Å². The molecule has 3 N–H and O–H groups in total. The van der Waals surface area contributed by atoms with Crippen LogP contribution in [0.15, 0.2) is 12.1 Å². The highest BCUT2D eigenvalue weighted by Crippen LogP contribution is 2.40. The van der Waals surface area contributed by atoms with Gasteiger partial charge in [-0.15, -0.1) is 0 Å². The van der Waals surface area contributed by atoms with E-state index in [2.05, 4.69) is 10.6 Å². The van der Waals surface area contributed by atoms with Crippen LogP contribution in [-0.4, -0.2) is 56.9 Å². The van der Waals surface area contributed by atoms with Gasteiger partial charge < -0.3 is 20.5 Å². The number of amides is 2. The Bertz CT molecular complexity index is 982. The van der Waals surface area contributed by atoms with Gasteiger partial charge in [0.05, 0.1) is 30.3 Å². The number of hydrogen-bond acceptors (Lipinski definition) is 7. The van der Waals surface area contributed by atoms with Crippen molar-refractivity contribution in [1.82, 2.24) is 0 Å². The molecule has 0 radical (unpaired) electrons. The number of ether oxygens (including phenoxy) is 1. The van der Waals surface area contributed by atoms with Gasteiger partial charge in [0.25, 0.3) is 10.1 Å². The Labute approximate surface area is 181 Å². The van der Waals surface area contributed by atoms with Crippen LogP contribution in [0.1, 0.15) is 56.0 Å². The third kappa shape index (κ3) is 6.49. The maximum atomic E-state index is 12.4. The van der Waals surface area contributed by atoms with Gasteiger partial charge in [-0.05, 0) is 18.1 Å². The van der Waals surface area contributed by atoms with E-state index in [4.69, 9.17) is 8.92 Å². The van der Waals surface area contributed by atoms with Gasteiger partial charge in [-0.3, -0.25) is 13.8 Å². The lowest BCUT2D eigenvalue weighted by Gasteiger charge is -2.25. The molecule has 1 heterocycles. The largest absolute Gasteiger partial charge is 0.478 e. The zero-order chi connectivity index (χ0) is 23.6. The van der Waals surface area contributed by atoms with Gasteiger partial charge in [0.15, 0.2) is 0 Å². The van der Waals surface area contributed by atoms with Crippen molar-refractivity contribution < 1.29 is 36.8 Å². The van der Waals surface area contributed by atoms with Crippen LogP contribution in [0.25, 0.3) is 0 Å². The van der Waals surface area contributed by atoms with E-state index in [9.17, 15) is 27.9 Å². The first kappa shape index (κ1) is 24.8. The minimum absolute atomic E-state index is 0.0339. The van der Waals surface area contributed by atoms with E-state index in [0.29, 0.717) is 18.6 Å². The molecule has 2 rings (SSSR count). The highest BCUT2D eigenvalue weighted by atomic mass is 32.2. The second-order valence-electron chi connectivity index (χ2n) is 8.44. The molecule has 1 aliphatic rings. The Morgan fingerprint density at radius 1 is 1.23 bits per heavy atom. The number of nitrogens with one attached hydrogen (secondary N) is 2. The van der Waals surface area contributed by atoms with Crippen molar-refractivity contribution in [1.29, 1.82) is 0 Å². The maximum absolute atomic E-state index is 12.4. The predicted octanol–water partition coefficient (Wildman–Crippen LogP) is 2.18. The van der Waals surface area contributed by atoms with E-state index in [1.807, 2.05) is 0 Å². The summed E-state index contributed by atoms with van der Waals surface area (Å²) >= 11 is 0. The number of carbonyl (C=O) groups excluding carboxylic acids is 2. The predicted molar refractivity (Wildman–Crippen MR) is 114 cm³/mol. The third-order valence-corrected chi connectivity index (χ3v) is 5.30. The lowest BCUT2D eigenvalue weighted by atomic mass is 9.88. The molecule has 0 spiro atoms. The number of hydrogen-bond donors (Lipinski definition) is 3. The molecule has 2 atom stereocenters. The van der Waals surface area contributed by atoms with Crippen molar-refractivity contribution in [2.45, 2.75) is 46.1 Å². The van der Waals surface area contributed by atoms with Gasteiger partial charge >= 0.3 is 5.97 Å². The molecule has 1 saturated heterocycles. The summed E-state index contributed by atoms with van der Waals surface area (Å²) in [6.45, 7) is 6.38. The molecule has 1 aromatic carbocycles. The van der Waals surface area contributed by atoms with Gasteiger partial charge in [-0.1, -0.05) is 26.8 Å². The average molecular weight is 457 g/mol. The molecular formula is C20H28N2O8S. The standard InChI is InChI=1S/C20H28N2O8S/c1-11(23)21-17-13(12-8-9-29-15(12)10-30-31(5,27)28)6-7-14(16(17)18(24)25)22-19(26)20(2,3)4/h6-7,12,15H,8-10H2,1-5H3,(H,21,23)(H,22,26)(H,24,25)/t12-,15+/m0/s1. The summed E-state index contributed by atoms with van der Waals surface area (Å²) < 4.78 is 33.2. The molecule has 0 bridgehead atoms. The van der Waals surface area contributed by atoms with Crippen LogP contribution in [0.3, 0.4) is 0 Å². The maximum Gasteiger partial charge on any atom is 0.339 e. The number of benzene rings is 1. The Balaban J connectivity index is 2.54. The molecule has 2 amide bonds. The molecule has 0 unspecified atom stereocenters. The van der Waals surface area contributed by atoms with Crippen LogP contribution in [0.4, 0.5) is 11.4 Å². The van der Waals surface area contributed by atoms with Crippen molar-refractivity contribution >= 4 is 39.3 Å². The molecule has 1 aliphatic heterocycles. The van der Waals surface area contributed by atoms with Gasteiger partial charge in [0.1, 0.15) is 5.56 Å². The molecule has 0 saturated carbocycles. The van der Waals surface area contributed by atoms with Crippen LogP contribution < -0.4 is 10.6 Å². The van der Waals surface area contributed by atoms with Crippen LogP contribution >= 0.6 is 0 Å². The summed E-state index contributed by atoms with van der Waals surface area (Å²) in [7, 11) is -3.69. The van der Waals surface area contributed by atoms with E-state index in [1.165, 1.54) is 13.0 Å². The molecule has 172 valence electrons. The molecule has 11 heteroatoms. The van der Waals surface area contributed by atoms with Crippen molar-refractivity contribution in [3.63, 3.8) is 0 Å². The fourth-order valence-corrected chi connectivity index (χ4v) is 3.62. The monoisotopic (exact) mass is 456 g/mol. The van der Waals surface area contributed by atoms with Crippen molar-refractivity contribution in [2.24, 2.45) is 5.41 Å². The summed E-state index contributed by atoms with van der Waals surface area (Å²) in [5.74, 6) is -2.64. The molecule has 1 fully saturated rings. The molecule has 10 nitrogen and oxygen atoms in total. The first-order valence-corrected chi connectivity index (χ1v) is 11.5. The van der Waals surface area contributed by atoms with E-state index in [1.54, 1.807) is 26.8 Å². The minimum Gasteiger partial charge on any atom is -0.478 e. The first-order valence-electron chi connectivity index (χ1n) is 9.66. The topological polar surface area (TPSA) is 148 Å². The second-order valence-corrected chi connectivity index (χ2v) is 10.1. The van der Waals surface area contributed by atoms with Crippen molar-refractivity contribution in [3.05, 3.63) is 23.3 Å². The SMILES string of the molecule is CC(=O)Nc1c([C@@H]2CCO[C@@H]2COS(C)(=O)=O)ccc(NC(=O)C(C)(C)C)c1C(=O)O. The zero-order valence-electron chi connectivity index (χ0n) is 18.1. The first-order chi connectivity index (χ1) is 14.2. The Kier molecular flexibility index (Phi) is 7.45. The van der Waals surface area contributed by atoms with Crippen LogP contribution in [0.2, 0.25) is 0 Å². The number of carbonyl (C=O) groups is 3. The fourth-order valence-electron chi connectivity index (χ4n) is 3.23. The highest BCUT2D eigenvalue weighted by Gasteiger charge is 2.35. The second kappa shape index (κ2) is 9.33. The van der Waals surface area contributed by atoms with Gasteiger partial charge in [0, 0.05) is 24.9 Å². The number of aromatic carboxylic acids is 1. The normalized spacial score (nSPS) is 19.1. The molecule has 0 aromatic heterocycles. The molecule has 31 heavy (non-hydrogen) atoms. The summed E-state index contributed by atoms with van der Waals surface area (Å²) in [6, 6.07) is 3.06. The van der Waals surface area contributed by atoms with E-state index < -0.39 is 39.4 Å². The average Bonchev–Trinajstić information content (AvgIpc) is 3.06. The lowest BCUT2D eigenvalue weighted by molar-refractivity contribution is -0.123. The van der Waals surface area contributed by atoms with Gasteiger partial charge in [-0.2, -0.15) is 8.42 Å². The minimum atomic E-state index is -3.69. The van der Waals surface area contributed by atoms with E-state index in [0.717, 1.165) is 6.26 Å². The summed E-state index contributed by atoms with van der Waals surface area (Å²) in [5, 5.41) is 15.1. The smallest absolute Gasteiger partial charge is 0.339 e. The van der Waals surface area contributed by atoms with Crippen molar-refractivity contribution in [3.8, 4) is 0 Å². The number of carboxylic acids is 1. The molecule has 1 aromatic rings. The molecule has 0 aliphatic carbocycles. The number of carboxylic acid groups (broad SMARTS) is 1. The van der Waals surface area contributed by atoms with E-state index >= 15 is 0 Å². The Morgan fingerprint density at radius 2 is 1.87 bits per heavy atom. The summed E-state index contributed by atoms with van der Waals surface area (Å²) in [4.78, 5) is 36.4.